The van der Waals surface area contributed by atoms with Gasteiger partial charge in [0, 0.05) is 13.1 Å². The molecule has 1 aliphatic heterocycles. The number of carbonyl (C=O) groups is 1. The van der Waals surface area contributed by atoms with Crippen LogP contribution in [0.1, 0.15) is 24.0 Å². The van der Waals surface area contributed by atoms with E-state index in [0.717, 1.165) is 31.5 Å². The molecular formula is C15H18N2O2. The van der Waals surface area contributed by atoms with Crippen LogP contribution in [0.5, 0.6) is 0 Å². The average molecular weight is 258 g/mol. The molecule has 0 saturated carbocycles. The third kappa shape index (κ3) is 3.33. The first-order valence-corrected chi connectivity index (χ1v) is 6.52. The molecule has 0 amide bonds. The second-order valence-electron chi connectivity index (χ2n) is 4.87. The number of nitriles is 1. The summed E-state index contributed by atoms with van der Waals surface area (Å²) in [6.07, 6.45) is 1.89. The van der Waals surface area contributed by atoms with Gasteiger partial charge in [0.25, 0.3) is 0 Å². The lowest BCUT2D eigenvalue weighted by Crippen LogP contribution is -2.38. The highest BCUT2D eigenvalue weighted by Crippen LogP contribution is 2.20. The van der Waals surface area contributed by atoms with Gasteiger partial charge in [-0.1, -0.05) is 18.2 Å². The third-order valence-electron chi connectivity index (χ3n) is 3.57. The molecule has 0 aromatic heterocycles. The number of carbonyl (C=O) groups excluding carboxylic acids is 1. The Morgan fingerprint density at radius 2 is 2.32 bits per heavy atom. The summed E-state index contributed by atoms with van der Waals surface area (Å²) in [6, 6.07) is 9.83. The van der Waals surface area contributed by atoms with E-state index in [4.69, 9.17) is 10.00 Å². The number of ether oxygens (including phenoxy) is 1. The highest BCUT2D eigenvalue weighted by atomic mass is 16.5. The lowest BCUT2D eigenvalue weighted by atomic mass is 9.97. The number of esters is 1. The van der Waals surface area contributed by atoms with Crippen molar-refractivity contribution in [3.05, 3.63) is 35.4 Å². The summed E-state index contributed by atoms with van der Waals surface area (Å²) in [5.74, 6) is -0.161. The van der Waals surface area contributed by atoms with E-state index in [0.29, 0.717) is 12.1 Å². The smallest absolute Gasteiger partial charge is 0.309 e. The molecule has 100 valence electrons. The van der Waals surface area contributed by atoms with Gasteiger partial charge in [0.2, 0.25) is 0 Å². The van der Waals surface area contributed by atoms with Crippen molar-refractivity contribution in [2.24, 2.45) is 5.92 Å². The van der Waals surface area contributed by atoms with Crippen LogP contribution < -0.4 is 0 Å². The van der Waals surface area contributed by atoms with Crippen molar-refractivity contribution in [2.45, 2.75) is 19.4 Å². The highest BCUT2D eigenvalue weighted by molar-refractivity contribution is 5.72. The van der Waals surface area contributed by atoms with E-state index in [1.807, 2.05) is 24.3 Å². The molecule has 0 spiro atoms. The predicted molar refractivity (Wildman–Crippen MR) is 71.2 cm³/mol. The molecule has 0 aliphatic carbocycles. The maximum atomic E-state index is 11.6. The number of rotatable bonds is 3. The van der Waals surface area contributed by atoms with Gasteiger partial charge in [-0.05, 0) is 31.0 Å². The molecule has 2 rings (SSSR count). The van der Waals surface area contributed by atoms with Crippen molar-refractivity contribution in [2.75, 3.05) is 20.2 Å². The molecule has 1 unspecified atom stereocenters. The molecule has 19 heavy (non-hydrogen) atoms. The van der Waals surface area contributed by atoms with E-state index in [2.05, 4.69) is 11.0 Å². The Balaban J connectivity index is 2.03. The zero-order chi connectivity index (χ0) is 13.7. The molecule has 0 N–H and O–H groups in total. The van der Waals surface area contributed by atoms with Crippen molar-refractivity contribution < 1.29 is 9.53 Å². The number of nitrogens with zero attached hydrogens (tertiary/aromatic N) is 2. The molecule has 4 heteroatoms. The van der Waals surface area contributed by atoms with Crippen LogP contribution >= 0.6 is 0 Å². The summed E-state index contributed by atoms with van der Waals surface area (Å²) in [7, 11) is 1.44. The zero-order valence-electron chi connectivity index (χ0n) is 11.1. The lowest BCUT2D eigenvalue weighted by Gasteiger charge is -2.31. The molecule has 1 atom stereocenters. The average Bonchev–Trinajstić information content (AvgIpc) is 2.47. The monoisotopic (exact) mass is 258 g/mol. The minimum Gasteiger partial charge on any atom is -0.469 e. The van der Waals surface area contributed by atoms with E-state index in [1.54, 1.807) is 0 Å². The first-order chi connectivity index (χ1) is 9.24. The molecule has 1 heterocycles. The summed E-state index contributed by atoms with van der Waals surface area (Å²) in [4.78, 5) is 13.8. The van der Waals surface area contributed by atoms with Crippen molar-refractivity contribution in [3.8, 4) is 6.07 Å². The van der Waals surface area contributed by atoms with Crippen molar-refractivity contribution in [1.82, 2.24) is 4.90 Å². The number of likely N-dealkylation sites (tertiary alicyclic amines) is 1. The maximum absolute atomic E-state index is 11.6. The normalized spacial score (nSPS) is 19.7. The van der Waals surface area contributed by atoms with Crippen LogP contribution in [0.4, 0.5) is 0 Å². The molecule has 0 radical (unpaired) electrons. The van der Waals surface area contributed by atoms with Crippen molar-refractivity contribution in [1.29, 1.82) is 5.26 Å². The topological polar surface area (TPSA) is 53.3 Å². The largest absolute Gasteiger partial charge is 0.469 e. The first kappa shape index (κ1) is 13.6. The Morgan fingerprint density at radius 1 is 1.53 bits per heavy atom. The van der Waals surface area contributed by atoms with Crippen LogP contribution in [0.3, 0.4) is 0 Å². The maximum Gasteiger partial charge on any atom is 0.309 e. The van der Waals surface area contributed by atoms with Gasteiger partial charge >= 0.3 is 5.97 Å². The minimum atomic E-state index is -0.127. The van der Waals surface area contributed by atoms with Crippen LogP contribution in [-0.4, -0.2) is 31.1 Å². The standard InChI is InChI=1S/C15H18N2O2/c1-19-15(18)14-7-4-8-17(11-14)10-13-6-3-2-5-12(13)9-16/h2-3,5-6,14H,4,7-8,10-11H2,1H3. The summed E-state index contributed by atoms with van der Waals surface area (Å²) < 4.78 is 4.82. The van der Waals surface area contributed by atoms with Gasteiger partial charge in [-0.15, -0.1) is 0 Å². The number of hydrogen-bond acceptors (Lipinski definition) is 4. The second kappa shape index (κ2) is 6.35. The summed E-state index contributed by atoms with van der Waals surface area (Å²) in [5.41, 5.74) is 1.73. The third-order valence-corrected chi connectivity index (χ3v) is 3.57. The van der Waals surface area contributed by atoms with E-state index >= 15 is 0 Å². The molecule has 1 saturated heterocycles. The van der Waals surface area contributed by atoms with Gasteiger partial charge in [0.05, 0.1) is 24.7 Å². The van der Waals surface area contributed by atoms with Gasteiger partial charge in [0.15, 0.2) is 0 Å². The Bertz CT molecular complexity index is 493. The zero-order valence-corrected chi connectivity index (χ0v) is 11.1. The molecular weight excluding hydrogens is 240 g/mol. The fourth-order valence-electron chi connectivity index (χ4n) is 2.57. The minimum absolute atomic E-state index is 0.0343. The predicted octanol–water partition coefficient (Wildman–Crippen LogP) is 1.94. The van der Waals surface area contributed by atoms with Crippen LogP contribution in [0.15, 0.2) is 24.3 Å². The van der Waals surface area contributed by atoms with Crippen molar-refractivity contribution >= 4 is 5.97 Å². The van der Waals surface area contributed by atoms with Gasteiger partial charge in [-0.25, -0.2) is 0 Å². The van der Waals surface area contributed by atoms with Gasteiger partial charge in [-0.3, -0.25) is 9.69 Å². The van der Waals surface area contributed by atoms with Crippen LogP contribution in [0.2, 0.25) is 0 Å². The summed E-state index contributed by atoms with van der Waals surface area (Å²) in [5, 5.41) is 9.08. The van der Waals surface area contributed by atoms with Crippen LogP contribution in [0.25, 0.3) is 0 Å². The van der Waals surface area contributed by atoms with E-state index < -0.39 is 0 Å². The van der Waals surface area contributed by atoms with E-state index in [1.165, 1.54) is 7.11 Å². The number of piperidine rings is 1. The van der Waals surface area contributed by atoms with E-state index in [9.17, 15) is 4.79 Å². The SMILES string of the molecule is COC(=O)C1CCCN(Cc2ccccc2C#N)C1. The number of benzene rings is 1. The number of methoxy groups -OCH3 is 1. The molecule has 4 nitrogen and oxygen atoms in total. The molecule has 1 aliphatic rings. The quantitative estimate of drug-likeness (QED) is 0.777. The number of hydrogen-bond donors (Lipinski definition) is 0. The first-order valence-electron chi connectivity index (χ1n) is 6.52. The Labute approximate surface area is 113 Å². The fraction of sp³-hybridized carbons (Fsp3) is 0.467. The van der Waals surface area contributed by atoms with Crippen LogP contribution in [-0.2, 0) is 16.1 Å². The molecule has 1 fully saturated rings. The molecule has 1 aromatic carbocycles. The summed E-state index contributed by atoms with van der Waals surface area (Å²) >= 11 is 0. The van der Waals surface area contributed by atoms with Crippen LogP contribution in [0, 0.1) is 17.2 Å². The lowest BCUT2D eigenvalue weighted by molar-refractivity contribution is -0.147. The fourth-order valence-corrected chi connectivity index (χ4v) is 2.57. The van der Waals surface area contributed by atoms with Gasteiger partial charge in [0.1, 0.15) is 0 Å². The molecule has 0 bridgehead atoms. The van der Waals surface area contributed by atoms with Gasteiger partial charge in [-0.2, -0.15) is 5.26 Å². The summed E-state index contributed by atoms with van der Waals surface area (Å²) in [6.45, 7) is 2.40. The molecule has 1 aromatic rings. The van der Waals surface area contributed by atoms with Crippen molar-refractivity contribution in [3.63, 3.8) is 0 Å². The highest BCUT2D eigenvalue weighted by Gasteiger charge is 2.26. The Kier molecular flexibility index (Phi) is 4.53. The van der Waals surface area contributed by atoms with E-state index in [-0.39, 0.29) is 11.9 Å². The Hall–Kier alpha value is -1.86. The van der Waals surface area contributed by atoms with Gasteiger partial charge < -0.3 is 4.74 Å². The Morgan fingerprint density at radius 3 is 3.05 bits per heavy atom. The second-order valence-corrected chi connectivity index (χ2v) is 4.87.